The van der Waals surface area contributed by atoms with Gasteiger partial charge < -0.3 is 19.8 Å². The van der Waals surface area contributed by atoms with Crippen LogP contribution in [0.3, 0.4) is 0 Å². The van der Waals surface area contributed by atoms with E-state index in [2.05, 4.69) is 20.5 Å². The van der Waals surface area contributed by atoms with Gasteiger partial charge in [-0.1, -0.05) is 36.0 Å². The van der Waals surface area contributed by atoms with Gasteiger partial charge in [-0.05, 0) is 23.3 Å². The molecule has 2 aromatic heterocycles. The predicted octanol–water partition coefficient (Wildman–Crippen LogP) is 0.649. The van der Waals surface area contributed by atoms with E-state index in [9.17, 15) is 14.7 Å². The largest absolute Gasteiger partial charge is 0.545 e. The second kappa shape index (κ2) is 8.45. The van der Waals surface area contributed by atoms with Crippen molar-refractivity contribution in [3.8, 4) is 11.4 Å². The Kier molecular flexibility index (Phi) is 5.82. The number of benzene rings is 1. The van der Waals surface area contributed by atoms with Gasteiger partial charge in [-0.15, -0.1) is 10.2 Å². The Bertz CT molecular complexity index is 941. The summed E-state index contributed by atoms with van der Waals surface area (Å²) in [7, 11) is 1.84. The third-order valence-electron chi connectivity index (χ3n) is 3.79. The summed E-state index contributed by atoms with van der Waals surface area (Å²) in [6.45, 7) is 0.313. The number of thioether (sulfide) groups is 1. The maximum atomic E-state index is 12.1. The summed E-state index contributed by atoms with van der Waals surface area (Å²) in [5.74, 6) is -0.484. The van der Waals surface area contributed by atoms with Crippen molar-refractivity contribution in [3.05, 3.63) is 59.9 Å². The fourth-order valence-electron chi connectivity index (χ4n) is 2.33. The van der Waals surface area contributed by atoms with Crippen LogP contribution < -0.4 is 10.4 Å². The molecule has 0 saturated carbocycles. The number of carbonyl (C=O) groups excluding carboxylic acids is 2. The molecule has 27 heavy (non-hydrogen) atoms. The molecule has 1 aromatic carbocycles. The first-order chi connectivity index (χ1) is 13.0. The highest BCUT2D eigenvalue weighted by Crippen LogP contribution is 2.21. The Morgan fingerprint density at radius 3 is 2.48 bits per heavy atom. The standard InChI is InChI=1S/C18H17N5O3S/c1-23-16(13-6-8-19-9-7-13)21-22-18(23)27-11-15(24)20-10-12-2-4-14(5-3-12)17(25)26/h2-9H,10-11H2,1H3,(H,20,24)(H,25,26)/p-1. The molecule has 1 amide bonds. The number of carbonyl (C=O) groups is 2. The monoisotopic (exact) mass is 382 g/mol. The number of pyridine rings is 1. The number of carboxylic acids is 1. The molecular weight excluding hydrogens is 366 g/mol. The van der Waals surface area contributed by atoms with Crippen molar-refractivity contribution in [1.82, 2.24) is 25.1 Å². The molecule has 0 radical (unpaired) electrons. The van der Waals surface area contributed by atoms with Crippen molar-refractivity contribution in [2.45, 2.75) is 11.7 Å². The van der Waals surface area contributed by atoms with E-state index in [1.165, 1.54) is 23.9 Å². The highest BCUT2D eigenvalue weighted by atomic mass is 32.2. The van der Waals surface area contributed by atoms with Crippen molar-refractivity contribution >= 4 is 23.6 Å². The summed E-state index contributed by atoms with van der Waals surface area (Å²) < 4.78 is 1.83. The normalized spacial score (nSPS) is 10.6. The first-order valence-electron chi connectivity index (χ1n) is 8.04. The van der Waals surface area contributed by atoms with E-state index in [0.717, 1.165) is 11.1 Å². The molecule has 0 saturated heterocycles. The minimum Gasteiger partial charge on any atom is -0.545 e. The van der Waals surface area contributed by atoms with Crippen LogP contribution >= 0.6 is 11.8 Å². The van der Waals surface area contributed by atoms with Crippen LogP contribution in [0.4, 0.5) is 0 Å². The molecule has 3 aromatic rings. The highest BCUT2D eigenvalue weighted by molar-refractivity contribution is 7.99. The summed E-state index contributed by atoms with van der Waals surface area (Å²) in [5.41, 5.74) is 1.81. The Morgan fingerprint density at radius 1 is 1.11 bits per heavy atom. The lowest BCUT2D eigenvalue weighted by molar-refractivity contribution is -0.255. The SMILES string of the molecule is Cn1c(SCC(=O)NCc2ccc(C(=O)[O-])cc2)nnc1-c1ccncc1. The van der Waals surface area contributed by atoms with Gasteiger partial charge in [0, 0.05) is 31.5 Å². The Balaban J connectivity index is 1.52. The zero-order valence-electron chi connectivity index (χ0n) is 14.5. The molecule has 0 aliphatic rings. The third-order valence-corrected chi connectivity index (χ3v) is 4.81. The summed E-state index contributed by atoms with van der Waals surface area (Å²) in [4.78, 5) is 26.7. The first kappa shape index (κ1) is 18.6. The van der Waals surface area contributed by atoms with E-state index in [4.69, 9.17) is 0 Å². The van der Waals surface area contributed by atoms with Crippen molar-refractivity contribution in [2.75, 3.05) is 5.75 Å². The van der Waals surface area contributed by atoms with Gasteiger partial charge in [-0.3, -0.25) is 9.78 Å². The van der Waals surface area contributed by atoms with Crippen molar-refractivity contribution in [3.63, 3.8) is 0 Å². The van der Waals surface area contributed by atoms with E-state index in [0.29, 0.717) is 17.5 Å². The average Bonchev–Trinajstić information content (AvgIpc) is 3.06. The van der Waals surface area contributed by atoms with Crippen LogP contribution in [0, 0.1) is 0 Å². The average molecular weight is 382 g/mol. The lowest BCUT2D eigenvalue weighted by atomic mass is 10.1. The van der Waals surface area contributed by atoms with Crippen LogP contribution in [0.1, 0.15) is 15.9 Å². The lowest BCUT2D eigenvalue weighted by Crippen LogP contribution is -2.25. The van der Waals surface area contributed by atoms with Crippen LogP contribution in [0.2, 0.25) is 0 Å². The minimum atomic E-state index is -1.23. The van der Waals surface area contributed by atoms with E-state index in [-0.39, 0.29) is 17.2 Å². The zero-order chi connectivity index (χ0) is 19.2. The maximum Gasteiger partial charge on any atom is 0.230 e. The van der Waals surface area contributed by atoms with Crippen molar-refractivity contribution in [2.24, 2.45) is 7.05 Å². The molecular formula is C18H16N5O3S-. The van der Waals surface area contributed by atoms with Crippen LogP contribution in [0.15, 0.2) is 53.9 Å². The predicted molar refractivity (Wildman–Crippen MR) is 97.6 cm³/mol. The summed E-state index contributed by atoms with van der Waals surface area (Å²) >= 11 is 1.29. The summed E-state index contributed by atoms with van der Waals surface area (Å²) in [6, 6.07) is 9.87. The van der Waals surface area contributed by atoms with Crippen molar-refractivity contribution < 1.29 is 14.7 Å². The lowest BCUT2D eigenvalue weighted by Gasteiger charge is -2.07. The molecule has 2 heterocycles. The van der Waals surface area contributed by atoms with Crippen LogP contribution in [-0.2, 0) is 18.4 Å². The Morgan fingerprint density at radius 2 is 1.81 bits per heavy atom. The number of hydrogen-bond acceptors (Lipinski definition) is 7. The quantitative estimate of drug-likeness (QED) is 0.597. The van der Waals surface area contributed by atoms with E-state index in [1.54, 1.807) is 24.5 Å². The molecule has 0 fully saturated rings. The molecule has 0 bridgehead atoms. The minimum absolute atomic E-state index is 0.105. The first-order valence-corrected chi connectivity index (χ1v) is 9.02. The van der Waals surface area contributed by atoms with Gasteiger partial charge in [-0.25, -0.2) is 0 Å². The smallest absolute Gasteiger partial charge is 0.230 e. The number of aromatic carboxylic acids is 1. The Labute approximate surface area is 159 Å². The second-order valence-corrected chi connectivity index (χ2v) is 6.59. The van der Waals surface area contributed by atoms with Crippen LogP contribution in [0.25, 0.3) is 11.4 Å². The van der Waals surface area contributed by atoms with Gasteiger partial charge in [0.15, 0.2) is 11.0 Å². The van der Waals surface area contributed by atoms with Gasteiger partial charge in [0.1, 0.15) is 0 Å². The van der Waals surface area contributed by atoms with Gasteiger partial charge in [0.05, 0.1) is 11.7 Å². The summed E-state index contributed by atoms with van der Waals surface area (Å²) in [6.07, 6.45) is 3.37. The second-order valence-electron chi connectivity index (χ2n) is 5.65. The number of nitrogens with one attached hydrogen (secondary N) is 1. The van der Waals surface area contributed by atoms with Gasteiger partial charge in [-0.2, -0.15) is 0 Å². The number of rotatable bonds is 7. The number of carboxylic acid groups (broad SMARTS) is 1. The fraction of sp³-hybridized carbons (Fsp3) is 0.167. The highest BCUT2D eigenvalue weighted by Gasteiger charge is 2.12. The van der Waals surface area contributed by atoms with Gasteiger partial charge in [0.25, 0.3) is 0 Å². The molecule has 138 valence electrons. The molecule has 8 nitrogen and oxygen atoms in total. The maximum absolute atomic E-state index is 12.1. The van der Waals surface area contributed by atoms with Crippen LogP contribution in [-0.4, -0.2) is 37.4 Å². The molecule has 0 atom stereocenters. The Hall–Kier alpha value is -3.20. The molecule has 0 unspecified atom stereocenters. The molecule has 0 aliphatic carbocycles. The number of aromatic nitrogens is 4. The van der Waals surface area contributed by atoms with Gasteiger partial charge in [0.2, 0.25) is 5.91 Å². The van der Waals surface area contributed by atoms with E-state index >= 15 is 0 Å². The van der Waals surface area contributed by atoms with E-state index < -0.39 is 5.97 Å². The zero-order valence-corrected chi connectivity index (χ0v) is 15.3. The molecule has 0 spiro atoms. The van der Waals surface area contributed by atoms with Gasteiger partial charge >= 0.3 is 0 Å². The fourth-order valence-corrected chi connectivity index (χ4v) is 3.07. The molecule has 1 N–H and O–H groups in total. The summed E-state index contributed by atoms with van der Waals surface area (Å²) in [5, 5.41) is 22.4. The van der Waals surface area contributed by atoms with Crippen LogP contribution in [0.5, 0.6) is 0 Å². The number of hydrogen-bond donors (Lipinski definition) is 1. The number of nitrogens with zero attached hydrogens (tertiary/aromatic N) is 4. The topological polar surface area (TPSA) is 113 Å². The third kappa shape index (κ3) is 4.70. The van der Waals surface area contributed by atoms with E-state index in [1.807, 2.05) is 23.7 Å². The molecule has 0 aliphatic heterocycles. The molecule has 3 rings (SSSR count). The molecule has 9 heteroatoms. The number of amides is 1. The van der Waals surface area contributed by atoms with Crippen molar-refractivity contribution in [1.29, 1.82) is 0 Å².